The molecule has 0 bridgehead atoms. The normalized spacial score (nSPS) is 18.5. The zero-order chi connectivity index (χ0) is 19.7. The number of para-hydroxylation sites is 1. The number of β-amino-alcohol motifs (C(OH)–C–C–N with tert-alkyl or cyclic N) is 1. The molecule has 1 atom stereocenters. The van der Waals surface area contributed by atoms with E-state index in [0.29, 0.717) is 17.7 Å². The third-order valence-electron chi connectivity index (χ3n) is 5.46. The Morgan fingerprint density at radius 3 is 2.14 bits per heavy atom. The van der Waals surface area contributed by atoms with Crippen LogP contribution in [0.4, 0.5) is 5.69 Å². The number of amides is 2. The molecule has 0 unspecified atom stereocenters. The molecule has 0 aliphatic carbocycles. The van der Waals surface area contributed by atoms with Gasteiger partial charge in [-0.1, -0.05) is 35.9 Å². The fourth-order valence-corrected chi connectivity index (χ4v) is 4.24. The Morgan fingerprint density at radius 2 is 1.54 bits per heavy atom. The number of quaternary nitrogens is 1. The molecule has 1 fully saturated rings. The second-order valence-corrected chi connectivity index (χ2v) is 7.72. The minimum absolute atomic E-state index is 0.0318. The second kappa shape index (κ2) is 7.91. The highest BCUT2D eigenvalue weighted by Gasteiger charge is 2.37. The van der Waals surface area contributed by atoms with Gasteiger partial charge in [-0.25, -0.2) is 0 Å². The van der Waals surface area contributed by atoms with Crippen LogP contribution >= 0.6 is 11.6 Å². The van der Waals surface area contributed by atoms with Crippen LogP contribution < -0.4 is 9.80 Å². The molecule has 28 heavy (non-hydrogen) atoms. The molecule has 2 aromatic rings. The minimum atomic E-state index is -0.746. The maximum Gasteiger partial charge on any atom is 0.261 e. The number of anilines is 1. The molecule has 2 N–H and O–H groups in total. The van der Waals surface area contributed by atoms with E-state index in [1.165, 1.54) is 4.90 Å². The van der Waals surface area contributed by atoms with Gasteiger partial charge in [-0.3, -0.25) is 14.5 Å². The first-order valence-corrected chi connectivity index (χ1v) is 9.88. The number of fused-ring (bicyclic) bond motifs is 1. The van der Waals surface area contributed by atoms with E-state index in [0.717, 1.165) is 41.8 Å². The van der Waals surface area contributed by atoms with Gasteiger partial charge in [0.25, 0.3) is 11.8 Å². The van der Waals surface area contributed by atoms with Gasteiger partial charge in [0.05, 0.1) is 54.6 Å². The SMILES string of the molecule is O=C1c2ccccc2C(=O)N1C[C@@H](O)C[NH+]1CCN(c2ccccc2Cl)CC1. The van der Waals surface area contributed by atoms with E-state index < -0.39 is 6.10 Å². The van der Waals surface area contributed by atoms with Gasteiger partial charge in [0.15, 0.2) is 0 Å². The largest absolute Gasteiger partial charge is 0.385 e. The maximum atomic E-state index is 12.4. The molecule has 4 rings (SSSR count). The molecule has 1 saturated heterocycles. The monoisotopic (exact) mass is 400 g/mol. The van der Waals surface area contributed by atoms with Gasteiger partial charge in [-0.05, 0) is 24.3 Å². The van der Waals surface area contributed by atoms with Gasteiger partial charge in [-0.15, -0.1) is 0 Å². The van der Waals surface area contributed by atoms with Crippen LogP contribution in [0.3, 0.4) is 0 Å². The topological polar surface area (TPSA) is 65.3 Å². The van der Waals surface area contributed by atoms with Crippen LogP contribution in [0.15, 0.2) is 48.5 Å². The first-order valence-electron chi connectivity index (χ1n) is 9.51. The third kappa shape index (κ3) is 3.63. The van der Waals surface area contributed by atoms with Crippen molar-refractivity contribution in [2.24, 2.45) is 0 Å². The number of hydrogen-bond acceptors (Lipinski definition) is 4. The van der Waals surface area contributed by atoms with Crippen LogP contribution in [-0.4, -0.2) is 67.2 Å². The molecule has 0 saturated carbocycles. The van der Waals surface area contributed by atoms with Crippen LogP contribution in [0, 0.1) is 0 Å². The Morgan fingerprint density at radius 1 is 0.964 bits per heavy atom. The summed E-state index contributed by atoms with van der Waals surface area (Å²) >= 11 is 6.28. The molecule has 0 aromatic heterocycles. The maximum absolute atomic E-state index is 12.4. The molecule has 0 radical (unpaired) electrons. The van der Waals surface area contributed by atoms with E-state index in [2.05, 4.69) is 4.90 Å². The summed E-state index contributed by atoms with van der Waals surface area (Å²) in [5.74, 6) is -0.642. The lowest BCUT2D eigenvalue weighted by Gasteiger charge is -2.35. The highest BCUT2D eigenvalue weighted by atomic mass is 35.5. The summed E-state index contributed by atoms with van der Waals surface area (Å²) in [7, 11) is 0. The predicted molar refractivity (Wildman–Crippen MR) is 107 cm³/mol. The van der Waals surface area contributed by atoms with Gasteiger partial charge < -0.3 is 14.9 Å². The van der Waals surface area contributed by atoms with Gasteiger partial charge in [-0.2, -0.15) is 0 Å². The Bertz CT molecular complexity index is 861. The summed E-state index contributed by atoms with van der Waals surface area (Å²) < 4.78 is 0. The first-order chi connectivity index (χ1) is 13.5. The fourth-order valence-electron chi connectivity index (χ4n) is 3.99. The predicted octanol–water partition coefficient (Wildman–Crippen LogP) is 0.702. The van der Waals surface area contributed by atoms with Crippen molar-refractivity contribution in [2.45, 2.75) is 6.10 Å². The van der Waals surface area contributed by atoms with E-state index >= 15 is 0 Å². The number of benzene rings is 2. The standard InChI is InChI=1S/C21H22ClN3O3/c22-18-7-3-4-8-19(18)24-11-9-23(10-12-24)13-15(26)14-25-20(27)16-5-1-2-6-17(16)21(25)28/h1-8,15,26H,9-14H2/p+1/t15-/m0/s1. The van der Waals surface area contributed by atoms with Crippen LogP contribution in [0.2, 0.25) is 5.02 Å². The van der Waals surface area contributed by atoms with Crippen molar-refractivity contribution in [3.63, 3.8) is 0 Å². The summed E-state index contributed by atoms with van der Waals surface area (Å²) in [4.78, 5) is 29.5. The lowest BCUT2D eigenvalue weighted by molar-refractivity contribution is -0.903. The summed E-state index contributed by atoms with van der Waals surface area (Å²) in [5, 5.41) is 11.2. The highest BCUT2D eigenvalue weighted by molar-refractivity contribution is 6.33. The van der Waals surface area contributed by atoms with Crippen molar-refractivity contribution < 1.29 is 19.6 Å². The Labute approximate surface area is 168 Å². The number of rotatable bonds is 5. The van der Waals surface area contributed by atoms with Crippen LogP contribution in [0.1, 0.15) is 20.7 Å². The van der Waals surface area contributed by atoms with Crippen molar-refractivity contribution in [3.05, 3.63) is 64.7 Å². The zero-order valence-corrected chi connectivity index (χ0v) is 16.2. The number of imide groups is 1. The van der Waals surface area contributed by atoms with E-state index in [-0.39, 0.29) is 18.4 Å². The van der Waals surface area contributed by atoms with Crippen LogP contribution in [-0.2, 0) is 0 Å². The molecule has 7 heteroatoms. The summed E-state index contributed by atoms with van der Waals surface area (Å²) in [6, 6.07) is 14.6. The number of nitrogens with one attached hydrogen (secondary N) is 1. The number of piperazine rings is 1. The van der Waals surface area contributed by atoms with E-state index in [1.54, 1.807) is 24.3 Å². The number of aliphatic hydroxyl groups is 1. The first kappa shape index (κ1) is 18.9. The van der Waals surface area contributed by atoms with E-state index in [1.807, 2.05) is 24.3 Å². The Hall–Kier alpha value is -2.41. The number of aliphatic hydroxyl groups excluding tert-OH is 1. The number of carbonyl (C=O) groups is 2. The quantitative estimate of drug-likeness (QED) is 0.725. The molecule has 6 nitrogen and oxygen atoms in total. The van der Waals surface area contributed by atoms with Gasteiger partial charge >= 0.3 is 0 Å². The zero-order valence-electron chi connectivity index (χ0n) is 15.5. The minimum Gasteiger partial charge on any atom is -0.385 e. The highest BCUT2D eigenvalue weighted by Crippen LogP contribution is 2.25. The van der Waals surface area contributed by atoms with Crippen molar-refractivity contribution in [1.29, 1.82) is 0 Å². The van der Waals surface area contributed by atoms with E-state index in [4.69, 9.17) is 11.6 Å². The molecule has 2 amide bonds. The molecule has 146 valence electrons. The van der Waals surface area contributed by atoms with Gasteiger partial charge in [0.2, 0.25) is 0 Å². The van der Waals surface area contributed by atoms with Crippen LogP contribution in [0.25, 0.3) is 0 Å². The third-order valence-corrected chi connectivity index (χ3v) is 5.78. The molecule has 2 aliphatic heterocycles. The van der Waals surface area contributed by atoms with Crippen molar-refractivity contribution in [2.75, 3.05) is 44.2 Å². The van der Waals surface area contributed by atoms with Crippen molar-refractivity contribution in [3.8, 4) is 0 Å². The average Bonchev–Trinajstić information content (AvgIpc) is 2.94. The summed E-state index contributed by atoms with van der Waals surface area (Å²) in [6.45, 7) is 3.96. The van der Waals surface area contributed by atoms with Crippen molar-refractivity contribution in [1.82, 2.24) is 4.90 Å². The fraction of sp³-hybridized carbons (Fsp3) is 0.333. The van der Waals surface area contributed by atoms with E-state index in [9.17, 15) is 14.7 Å². The number of hydrogen-bond donors (Lipinski definition) is 2. The summed E-state index contributed by atoms with van der Waals surface area (Å²) in [5.41, 5.74) is 1.87. The number of halogens is 1. The van der Waals surface area contributed by atoms with Gasteiger partial charge in [0.1, 0.15) is 12.6 Å². The molecular weight excluding hydrogens is 378 g/mol. The summed E-state index contributed by atoms with van der Waals surface area (Å²) in [6.07, 6.45) is -0.746. The van der Waals surface area contributed by atoms with Gasteiger partial charge in [0, 0.05) is 0 Å². The number of nitrogens with zero attached hydrogens (tertiary/aromatic N) is 2. The molecule has 0 spiro atoms. The number of carbonyl (C=O) groups excluding carboxylic acids is 2. The molecule has 2 heterocycles. The van der Waals surface area contributed by atoms with Crippen molar-refractivity contribution >= 4 is 29.1 Å². The molecule has 2 aromatic carbocycles. The molecule has 2 aliphatic rings. The van der Waals surface area contributed by atoms with Crippen LogP contribution in [0.5, 0.6) is 0 Å². The Balaban J connectivity index is 1.31. The second-order valence-electron chi connectivity index (χ2n) is 7.31. The molecular formula is C21H23ClN3O3+. The average molecular weight is 401 g/mol. The smallest absolute Gasteiger partial charge is 0.261 e. The Kier molecular flexibility index (Phi) is 5.35. The lowest BCUT2D eigenvalue weighted by Crippen LogP contribution is -3.16. The lowest BCUT2D eigenvalue weighted by atomic mass is 10.1.